The van der Waals surface area contributed by atoms with Gasteiger partial charge in [-0.1, -0.05) is 0 Å². The van der Waals surface area contributed by atoms with Gasteiger partial charge in [-0.2, -0.15) is 13.5 Å². The molecule has 0 atom stereocenters. The quantitative estimate of drug-likeness (QED) is 0.302. The Hall–Kier alpha value is 1.15. The minimum atomic E-state index is 0. The van der Waals surface area contributed by atoms with E-state index in [4.69, 9.17) is 0 Å². The molecule has 0 fully saturated rings. The Balaban J connectivity index is 0. The van der Waals surface area contributed by atoms with Crippen LogP contribution in [-0.2, 0) is 0 Å². The van der Waals surface area contributed by atoms with E-state index in [0.29, 0.717) is 0 Å². The van der Waals surface area contributed by atoms with Crippen molar-refractivity contribution in [2.24, 2.45) is 0 Å². The zero-order chi connectivity index (χ0) is 0. The van der Waals surface area contributed by atoms with Crippen molar-refractivity contribution in [1.29, 1.82) is 0 Å². The second kappa shape index (κ2) is 204. The van der Waals surface area contributed by atoms with E-state index in [0.717, 1.165) is 0 Å². The summed E-state index contributed by atoms with van der Waals surface area (Å²) in [5, 5.41) is 0. The summed E-state index contributed by atoms with van der Waals surface area (Å²) in [5.41, 5.74) is 0. The Bertz CT molecular complexity index is 8.04. The molecule has 0 aromatic heterocycles. The number of rotatable bonds is 0. The van der Waals surface area contributed by atoms with Crippen molar-refractivity contribution in [1.82, 2.24) is 0 Å². The van der Waals surface area contributed by atoms with Crippen molar-refractivity contribution in [2.75, 3.05) is 0 Å². The molecule has 0 aliphatic carbocycles. The normalized spacial score (nSPS) is 0. The molecular formula is H13NaO5S. The molecule has 0 bridgehead atoms. The third kappa shape index (κ3) is 143. The van der Waals surface area contributed by atoms with Crippen LogP contribution >= 0.6 is 13.5 Å². The topological polar surface area (TPSA) is 158 Å². The predicted octanol–water partition coefficient (Wildman–Crippen LogP) is -4.66. The summed E-state index contributed by atoms with van der Waals surface area (Å²) in [6.07, 6.45) is 0. The first-order valence-corrected chi connectivity index (χ1v) is 0. The van der Waals surface area contributed by atoms with E-state index in [1.807, 2.05) is 0 Å². The minimum absolute atomic E-state index is 0. The van der Waals surface area contributed by atoms with E-state index in [1.54, 1.807) is 0 Å². The molecule has 0 unspecified atom stereocenters. The standard InChI is InChI=1S/Na.5H2O.H2S.H/h;6*1H2;. The van der Waals surface area contributed by atoms with Gasteiger partial charge in [-0.15, -0.1) is 0 Å². The van der Waals surface area contributed by atoms with Crippen LogP contribution in [0.5, 0.6) is 0 Å². The zero-order valence-corrected chi connectivity index (χ0v) is 4.00. The number of hydrogen-bond acceptors (Lipinski definition) is 0. The summed E-state index contributed by atoms with van der Waals surface area (Å²) in [6.45, 7) is 0. The summed E-state index contributed by atoms with van der Waals surface area (Å²) in [5.74, 6) is 0. The van der Waals surface area contributed by atoms with Crippen LogP contribution in [0.25, 0.3) is 0 Å². The molecule has 0 saturated carbocycles. The molecule has 5 nitrogen and oxygen atoms in total. The van der Waals surface area contributed by atoms with E-state index in [9.17, 15) is 0 Å². The van der Waals surface area contributed by atoms with Gasteiger partial charge in [-0.25, -0.2) is 0 Å². The summed E-state index contributed by atoms with van der Waals surface area (Å²) < 4.78 is 0. The van der Waals surface area contributed by atoms with Crippen LogP contribution in [0.3, 0.4) is 0 Å². The molecule has 50 valence electrons. The van der Waals surface area contributed by atoms with Crippen molar-refractivity contribution < 1.29 is 27.4 Å². The summed E-state index contributed by atoms with van der Waals surface area (Å²) in [6, 6.07) is 0. The Labute approximate surface area is 70.4 Å². The van der Waals surface area contributed by atoms with E-state index in [1.165, 1.54) is 0 Å². The molecule has 0 amide bonds. The molecule has 10 N–H and O–H groups in total. The van der Waals surface area contributed by atoms with Crippen LogP contribution in [-0.4, -0.2) is 56.9 Å². The zero-order valence-electron chi connectivity index (χ0n) is 3.00. The molecule has 0 heterocycles. The van der Waals surface area contributed by atoms with Crippen LogP contribution < -0.4 is 0 Å². The van der Waals surface area contributed by atoms with Crippen molar-refractivity contribution >= 4 is 43.1 Å². The molecular weight excluding hydrogens is 135 g/mol. The fraction of sp³-hybridized carbons (Fsp3) is 0. The molecule has 0 spiro atoms. The van der Waals surface area contributed by atoms with Gasteiger partial charge in [0.1, 0.15) is 0 Å². The van der Waals surface area contributed by atoms with Gasteiger partial charge in [0.25, 0.3) is 0 Å². The van der Waals surface area contributed by atoms with Gasteiger partial charge in [0, 0.05) is 0 Å². The van der Waals surface area contributed by atoms with Crippen molar-refractivity contribution in [3.8, 4) is 0 Å². The van der Waals surface area contributed by atoms with E-state index < -0.39 is 0 Å². The molecule has 0 aliphatic heterocycles. The monoisotopic (exact) mass is 148 g/mol. The number of hydrogen-bond donors (Lipinski definition) is 0. The van der Waals surface area contributed by atoms with Crippen LogP contribution in [0.1, 0.15) is 0 Å². The maximum atomic E-state index is 0. The second-order valence-electron chi connectivity index (χ2n) is 0. The van der Waals surface area contributed by atoms with Crippen LogP contribution in [0.4, 0.5) is 0 Å². The SMILES string of the molecule is O.O.O.O.O.S.[NaH]. The Morgan fingerprint density at radius 1 is 0.429 bits per heavy atom. The van der Waals surface area contributed by atoms with Gasteiger partial charge >= 0.3 is 29.6 Å². The van der Waals surface area contributed by atoms with E-state index >= 15 is 0 Å². The van der Waals surface area contributed by atoms with Gasteiger partial charge in [-0.05, 0) is 0 Å². The van der Waals surface area contributed by atoms with Gasteiger partial charge in [-0.3, -0.25) is 0 Å². The van der Waals surface area contributed by atoms with E-state index in [2.05, 4.69) is 0 Å². The molecule has 0 saturated heterocycles. The first-order valence-electron chi connectivity index (χ1n) is 0. The van der Waals surface area contributed by atoms with Crippen LogP contribution in [0, 0.1) is 0 Å². The van der Waals surface area contributed by atoms with Gasteiger partial charge in [0.05, 0.1) is 0 Å². The second-order valence-corrected chi connectivity index (χ2v) is 0. The first kappa shape index (κ1) is 315. The van der Waals surface area contributed by atoms with Gasteiger partial charge in [0.15, 0.2) is 0 Å². The van der Waals surface area contributed by atoms with Crippen LogP contribution in [0.15, 0.2) is 0 Å². The fourth-order valence-corrected chi connectivity index (χ4v) is 0. The molecule has 7 heavy (non-hydrogen) atoms. The predicted molar refractivity (Wildman–Crippen MR) is 35.6 cm³/mol. The third-order valence-electron chi connectivity index (χ3n) is 0. The average Bonchev–Trinajstić information content (AvgIpc) is 0. The maximum absolute atomic E-state index is 0. The Morgan fingerprint density at radius 2 is 0.429 bits per heavy atom. The third-order valence-corrected chi connectivity index (χ3v) is 0. The van der Waals surface area contributed by atoms with Crippen molar-refractivity contribution in [3.63, 3.8) is 0 Å². The molecule has 0 aromatic carbocycles. The average molecular weight is 148 g/mol. The fourth-order valence-electron chi connectivity index (χ4n) is 0. The molecule has 0 rings (SSSR count). The van der Waals surface area contributed by atoms with Gasteiger partial charge < -0.3 is 27.4 Å². The van der Waals surface area contributed by atoms with Crippen molar-refractivity contribution in [3.05, 3.63) is 0 Å². The van der Waals surface area contributed by atoms with Gasteiger partial charge in [0.2, 0.25) is 0 Å². The Morgan fingerprint density at radius 3 is 0.429 bits per heavy atom. The summed E-state index contributed by atoms with van der Waals surface area (Å²) >= 11 is 0. The van der Waals surface area contributed by atoms with Crippen LogP contribution in [0.2, 0.25) is 0 Å². The van der Waals surface area contributed by atoms with Crippen molar-refractivity contribution in [2.45, 2.75) is 0 Å². The Kier molecular flexibility index (Phi) is 9200. The summed E-state index contributed by atoms with van der Waals surface area (Å²) in [4.78, 5) is 0. The first-order chi connectivity index (χ1) is 0. The molecule has 0 aliphatic rings. The molecule has 7 heteroatoms. The summed E-state index contributed by atoms with van der Waals surface area (Å²) in [7, 11) is 0. The molecule has 0 radical (unpaired) electrons. The molecule has 0 aromatic rings. The van der Waals surface area contributed by atoms with E-state index in [-0.39, 0.29) is 70.4 Å².